The first-order chi connectivity index (χ1) is 5.88. The molecule has 0 aliphatic heterocycles. The van der Waals surface area contributed by atoms with Gasteiger partial charge in [-0.1, -0.05) is 0 Å². The lowest BCUT2D eigenvalue weighted by atomic mass is 10.3. The average molecular weight is 161 g/mol. The first-order valence-corrected chi connectivity index (χ1v) is 3.50. The van der Waals surface area contributed by atoms with Crippen LogP contribution in [0.3, 0.4) is 0 Å². The summed E-state index contributed by atoms with van der Waals surface area (Å²) in [6.07, 6.45) is 3.33. The van der Waals surface area contributed by atoms with Crippen molar-refractivity contribution in [2.75, 3.05) is 0 Å². The minimum atomic E-state index is 0.782. The highest BCUT2D eigenvalue weighted by atomic mass is 15.3. The number of rotatable bonds is 1. The second-order valence-electron chi connectivity index (χ2n) is 2.35. The molecule has 0 radical (unpaired) electrons. The summed E-state index contributed by atoms with van der Waals surface area (Å²) < 4.78 is 1.74. The Bertz CT molecular complexity index is 366. The number of aryl methyl sites for hydroxylation is 1. The summed E-state index contributed by atoms with van der Waals surface area (Å²) in [5.41, 5.74) is 1.72. The second kappa shape index (κ2) is 2.69. The van der Waals surface area contributed by atoms with Gasteiger partial charge >= 0.3 is 0 Å². The number of aromatic nitrogens is 5. The van der Waals surface area contributed by atoms with Gasteiger partial charge in [0.2, 0.25) is 0 Å². The third-order valence-corrected chi connectivity index (χ3v) is 1.59. The average Bonchev–Trinajstić information content (AvgIpc) is 2.53. The van der Waals surface area contributed by atoms with E-state index in [9.17, 15) is 0 Å². The van der Waals surface area contributed by atoms with Gasteiger partial charge in [-0.25, -0.2) is 0 Å². The zero-order valence-electron chi connectivity index (χ0n) is 6.55. The molecule has 2 aromatic heterocycles. The normalized spacial score (nSPS) is 10.1. The summed E-state index contributed by atoms with van der Waals surface area (Å²) >= 11 is 0. The van der Waals surface area contributed by atoms with Gasteiger partial charge in [0.25, 0.3) is 0 Å². The van der Waals surface area contributed by atoms with Crippen LogP contribution in [0.1, 0.15) is 0 Å². The Kier molecular flexibility index (Phi) is 1.55. The topological polar surface area (TPSA) is 56.5 Å². The predicted molar refractivity (Wildman–Crippen MR) is 42.0 cm³/mol. The van der Waals surface area contributed by atoms with Gasteiger partial charge in [0.05, 0.1) is 11.9 Å². The lowest BCUT2D eigenvalue weighted by Crippen LogP contribution is -1.96. The van der Waals surface area contributed by atoms with Crippen LogP contribution in [0.5, 0.6) is 0 Å². The molecule has 2 aromatic rings. The maximum atomic E-state index is 4.02. The van der Waals surface area contributed by atoms with Crippen molar-refractivity contribution in [3.63, 3.8) is 0 Å². The Balaban J connectivity index is 2.51. The molecule has 0 fully saturated rings. The fourth-order valence-corrected chi connectivity index (χ4v) is 1.00. The van der Waals surface area contributed by atoms with E-state index in [1.807, 2.05) is 13.1 Å². The molecule has 0 atom stereocenters. The van der Waals surface area contributed by atoms with Crippen LogP contribution in [0.25, 0.3) is 11.4 Å². The summed E-state index contributed by atoms with van der Waals surface area (Å²) in [7, 11) is 1.86. The molecule has 0 aliphatic rings. The van der Waals surface area contributed by atoms with E-state index in [1.54, 1.807) is 23.1 Å². The molecule has 0 spiro atoms. The molecule has 0 saturated heterocycles. The molecule has 0 saturated carbocycles. The summed E-state index contributed by atoms with van der Waals surface area (Å²) in [5.74, 6) is 0. The molecule has 0 bridgehead atoms. The highest BCUT2D eigenvalue weighted by Gasteiger charge is 2.02. The van der Waals surface area contributed by atoms with Crippen LogP contribution < -0.4 is 0 Å². The first-order valence-electron chi connectivity index (χ1n) is 3.50. The molecule has 0 N–H and O–H groups in total. The van der Waals surface area contributed by atoms with Crippen LogP contribution in [-0.4, -0.2) is 25.2 Å². The first kappa shape index (κ1) is 6.90. The van der Waals surface area contributed by atoms with E-state index in [-0.39, 0.29) is 0 Å². The summed E-state index contributed by atoms with van der Waals surface area (Å²) in [5, 5.41) is 15.0. The largest absolute Gasteiger partial charge is 0.266 e. The van der Waals surface area contributed by atoms with E-state index in [0.717, 1.165) is 11.4 Å². The van der Waals surface area contributed by atoms with Gasteiger partial charge in [-0.05, 0) is 17.3 Å². The second-order valence-corrected chi connectivity index (χ2v) is 2.35. The Morgan fingerprint density at radius 2 is 2.17 bits per heavy atom. The van der Waals surface area contributed by atoms with Crippen molar-refractivity contribution < 1.29 is 0 Å². The number of hydrogen-bond donors (Lipinski definition) is 0. The van der Waals surface area contributed by atoms with Crippen molar-refractivity contribution in [2.45, 2.75) is 0 Å². The fraction of sp³-hybridized carbons (Fsp3) is 0.143. The van der Waals surface area contributed by atoms with Crippen molar-refractivity contribution >= 4 is 0 Å². The van der Waals surface area contributed by atoms with Crippen molar-refractivity contribution in [2.24, 2.45) is 7.05 Å². The minimum Gasteiger partial charge on any atom is -0.266 e. The third kappa shape index (κ3) is 1.05. The molecule has 0 amide bonds. The SMILES string of the molecule is Cn1nccc1-c1ccnnn1. The molecule has 12 heavy (non-hydrogen) atoms. The van der Waals surface area contributed by atoms with Crippen LogP contribution in [0, 0.1) is 0 Å². The van der Waals surface area contributed by atoms with E-state index < -0.39 is 0 Å². The maximum absolute atomic E-state index is 4.02. The van der Waals surface area contributed by atoms with Crippen molar-refractivity contribution in [3.8, 4) is 11.4 Å². The van der Waals surface area contributed by atoms with Crippen LogP contribution >= 0.6 is 0 Å². The Labute approximate surface area is 69.1 Å². The molecular formula is C7H7N5. The molecule has 2 rings (SSSR count). The van der Waals surface area contributed by atoms with E-state index in [0.29, 0.717) is 0 Å². The predicted octanol–water partition coefficient (Wildman–Crippen LogP) is 0.272. The Hall–Kier alpha value is -1.78. The number of hydrogen-bond acceptors (Lipinski definition) is 4. The van der Waals surface area contributed by atoms with Gasteiger partial charge in [0.15, 0.2) is 0 Å². The minimum absolute atomic E-state index is 0.782. The van der Waals surface area contributed by atoms with E-state index in [2.05, 4.69) is 20.5 Å². The Morgan fingerprint density at radius 1 is 1.25 bits per heavy atom. The molecular weight excluding hydrogens is 154 g/mol. The lowest BCUT2D eigenvalue weighted by Gasteiger charge is -1.97. The quantitative estimate of drug-likeness (QED) is 0.602. The van der Waals surface area contributed by atoms with E-state index >= 15 is 0 Å². The van der Waals surface area contributed by atoms with Gasteiger partial charge in [-0.15, -0.1) is 10.2 Å². The van der Waals surface area contributed by atoms with E-state index in [1.165, 1.54) is 0 Å². The zero-order valence-corrected chi connectivity index (χ0v) is 6.55. The van der Waals surface area contributed by atoms with Gasteiger partial charge in [-0.2, -0.15) is 5.10 Å². The van der Waals surface area contributed by atoms with Crippen LogP contribution in [0.4, 0.5) is 0 Å². The van der Waals surface area contributed by atoms with Gasteiger partial charge in [-0.3, -0.25) is 4.68 Å². The molecule has 5 nitrogen and oxygen atoms in total. The molecule has 2 heterocycles. The zero-order chi connectivity index (χ0) is 8.39. The standard InChI is InChI=1S/C7H7N5/c1-12-7(3-5-9-12)6-2-4-8-11-10-6/h2-5H,1H3. The van der Waals surface area contributed by atoms with Crippen LogP contribution in [0.2, 0.25) is 0 Å². The van der Waals surface area contributed by atoms with Crippen LogP contribution in [-0.2, 0) is 7.05 Å². The molecule has 0 aliphatic carbocycles. The highest BCUT2D eigenvalue weighted by Crippen LogP contribution is 2.11. The monoisotopic (exact) mass is 161 g/mol. The maximum Gasteiger partial charge on any atom is 0.114 e. The van der Waals surface area contributed by atoms with Gasteiger partial charge in [0, 0.05) is 13.2 Å². The smallest absolute Gasteiger partial charge is 0.114 e. The van der Waals surface area contributed by atoms with Crippen molar-refractivity contribution in [1.82, 2.24) is 25.2 Å². The summed E-state index contributed by atoms with van der Waals surface area (Å²) in [6, 6.07) is 3.67. The highest BCUT2D eigenvalue weighted by molar-refractivity contribution is 5.52. The molecule has 0 unspecified atom stereocenters. The van der Waals surface area contributed by atoms with E-state index in [4.69, 9.17) is 0 Å². The molecule has 5 heteroatoms. The summed E-state index contributed by atoms with van der Waals surface area (Å²) in [6.45, 7) is 0. The van der Waals surface area contributed by atoms with Crippen molar-refractivity contribution in [1.29, 1.82) is 0 Å². The Morgan fingerprint density at radius 3 is 2.75 bits per heavy atom. The number of nitrogens with zero attached hydrogens (tertiary/aromatic N) is 5. The lowest BCUT2D eigenvalue weighted by molar-refractivity contribution is 0.765. The van der Waals surface area contributed by atoms with Crippen LogP contribution in [0.15, 0.2) is 24.5 Å². The third-order valence-electron chi connectivity index (χ3n) is 1.59. The van der Waals surface area contributed by atoms with Crippen molar-refractivity contribution in [3.05, 3.63) is 24.5 Å². The van der Waals surface area contributed by atoms with Gasteiger partial charge in [0.1, 0.15) is 5.69 Å². The van der Waals surface area contributed by atoms with Gasteiger partial charge < -0.3 is 0 Å². The molecule has 60 valence electrons. The summed E-state index contributed by atoms with van der Waals surface area (Å²) in [4.78, 5) is 0. The fourth-order valence-electron chi connectivity index (χ4n) is 1.00. The molecule has 0 aromatic carbocycles.